The van der Waals surface area contributed by atoms with Crippen molar-refractivity contribution < 1.29 is 9.59 Å². The van der Waals surface area contributed by atoms with Gasteiger partial charge in [0.2, 0.25) is 0 Å². The zero-order valence-electron chi connectivity index (χ0n) is 13.7. The molecule has 0 aliphatic rings. The van der Waals surface area contributed by atoms with Crippen LogP contribution >= 0.6 is 0 Å². The lowest BCUT2D eigenvalue weighted by molar-refractivity contribution is -0.119. The molecular formula is C18H34O2. The molecule has 0 N–H and O–H groups in total. The molecule has 0 saturated carbocycles. The van der Waals surface area contributed by atoms with E-state index in [1.54, 1.807) is 0 Å². The average Bonchev–Trinajstić information content (AvgIpc) is 2.47. The van der Waals surface area contributed by atoms with Crippen molar-refractivity contribution in [2.45, 2.75) is 104 Å². The Morgan fingerprint density at radius 1 is 0.500 bits per heavy atom. The Kier molecular flexibility index (Phi) is 14.3. The second kappa shape index (κ2) is 14.7. The lowest BCUT2D eigenvalue weighted by Crippen LogP contribution is -1.94. The van der Waals surface area contributed by atoms with E-state index in [1.807, 2.05) is 13.8 Å². The number of carbonyl (C=O) groups excluding carboxylic acids is 2. The van der Waals surface area contributed by atoms with Crippen molar-refractivity contribution in [1.29, 1.82) is 0 Å². The number of unbranched alkanes of at least 4 members (excludes halogenated alkanes) is 9. The first kappa shape index (κ1) is 19.3. The molecule has 0 bridgehead atoms. The Bertz CT molecular complexity index is 220. The molecule has 0 aromatic carbocycles. The number of Topliss-reactive ketones (excluding diaryl/α,β-unsaturated/α-hetero) is 2. The van der Waals surface area contributed by atoms with E-state index >= 15 is 0 Å². The highest BCUT2D eigenvalue weighted by atomic mass is 16.1. The van der Waals surface area contributed by atoms with E-state index in [4.69, 9.17) is 0 Å². The molecule has 0 fully saturated rings. The normalized spacial score (nSPS) is 10.7. The van der Waals surface area contributed by atoms with Crippen molar-refractivity contribution in [3.63, 3.8) is 0 Å². The maximum absolute atomic E-state index is 11.1. The Labute approximate surface area is 125 Å². The third-order valence-electron chi connectivity index (χ3n) is 3.95. The largest absolute Gasteiger partial charge is 0.300 e. The summed E-state index contributed by atoms with van der Waals surface area (Å²) in [6, 6.07) is 0. The van der Waals surface area contributed by atoms with Gasteiger partial charge >= 0.3 is 0 Å². The van der Waals surface area contributed by atoms with E-state index in [9.17, 15) is 9.59 Å². The first-order chi connectivity index (χ1) is 9.70. The van der Waals surface area contributed by atoms with Crippen LogP contribution in [-0.4, -0.2) is 11.6 Å². The molecule has 0 aliphatic carbocycles. The molecule has 0 aliphatic heterocycles. The zero-order valence-corrected chi connectivity index (χ0v) is 13.7. The van der Waals surface area contributed by atoms with Crippen molar-refractivity contribution >= 4 is 11.6 Å². The minimum atomic E-state index is 0.409. The third kappa shape index (κ3) is 13.8. The van der Waals surface area contributed by atoms with Crippen LogP contribution in [0.1, 0.15) is 104 Å². The lowest BCUT2D eigenvalue weighted by atomic mass is 10.0. The van der Waals surface area contributed by atoms with E-state index in [0.29, 0.717) is 24.4 Å². The summed E-state index contributed by atoms with van der Waals surface area (Å²) in [7, 11) is 0. The van der Waals surface area contributed by atoms with Gasteiger partial charge < -0.3 is 0 Å². The third-order valence-corrected chi connectivity index (χ3v) is 3.95. The predicted octanol–water partition coefficient (Wildman–Crippen LogP) is 5.63. The predicted molar refractivity (Wildman–Crippen MR) is 86.0 cm³/mol. The van der Waals surface area contributed by atoms with Crippen molar-refractivity contribution in [2.75, 3.05) is 0 Å². The van der Waals surface area contributed by atoms with Gasteiger partial charge in [-0.1, -0.05) is 65.2 Å². The van der Waals surface area contributed by atoms with Gasteiger partial charge in [0, 0.05) is 25.7 Å². The van der Waals surface area contributed by atoms with Crippen LogP contribution in [0.5, 0.6) is 0 Å². The maximum Gasteiger partial charge on any atom is 0.132 e. The minimum Gasteiger partial charge on any atom is -0.300 e. The highest BCUT2D eigenvalue weighted by Gasteiger charge is 1.99. The van der Waals surface area contributed by atoms with Crippen molar-refractivity contribution in [2.24, 2.45) is 0 Å². The summed E-state index contributed by atoms with van der Waals surface area (Å²) < 4.78 is 0. The second-order valence-corrected chi connectivity index (χ2v) is 5.82. The molecule has 0 amide bonds. The molecule has 0 aromatic heterocycles. The molecule has 118 valence electrons. The monoisotopic (exact) mass is 282 g/mol. The van der Waals surface area contributed by atoms with Gasteiger partial charge in [-0.2, -0.15) is 0 Å². The zero-order chi connectivity index (χ0) is 15.1. The van der Waals surface area contributed by atoms with E-state index in [1.165, 1.54) is 51.4 Å². The number of hydrogen-bond acceptors (Lipinski definition) is 2. The molecule has 0 rings (SSSR count). The molecule has 0 radical (unpaired) electrons. The van der Waals surface area contributed by atoms with Gasteiger partial charge in [0.15, 0.2) is 0 Å². The second-order valence-electron chi connectivity index (χ2n) is 5.82. The summed E-state index contributed by atoms with van der Waals surface area (Å²) >= 11 is 0. The van der Waals surface area contributed by atoms with Crippen molar-refractivity contribution in [1.82, 2.24) is 0 Å². The van der Waals surface area contributed by atoms with Gasteiger partial charge in [0.05, 0.1) is 0 Å². The van der Waals surface area contributed by atoms with Crippen LogP contribution in [0.2, 0.25) is 0 Å². The van der Waals surface area contributed by atoms with Gasteiger partial charge in [0.1, 0.15) is 11.6 Å². The maximum atomic E-state index is 11.1. The number of ketones is 2. The van der Waals surface area contributed by atoms with Crippen LogP contribution < -0.4 is 0 Å². The first-order valence-electron chi connectivity index (χ1n) is 8.74. The molecule has 0 heterocycles. The molecule has 2 heteroatoms. The fourth-order valence-corrected chi connectivity index (χ4v) is 2.41. The van der Waals surface area contributed by atoms with E-state index in [2.05, 4.69) is 0 Å². The fourth-order valence-electron chi connectivity index (χ4n) is 2.41. The molecule has 0 aromatic rings. The van der Waals surface area contributed by atoms with Crippen LogP contribution in [0.4, 0.5) is 0 Å². The molecule has 0 saturated heterocycles. The number of hydrogen-bond donors (Lipinski definition) is 0. The fraction of sp³-hybridized carbons (Fsp3) is 0.889. The summed E-state index contributed by atoms with van der Waals surface area (Å²) in [6.07, 6.45) is 15.4. The van der Waals surface area contributed by atoms with Gasteiger partial charge in [-0.05, 0) is 12.8 Å². The molecule has 0 spiro atoms. The van der Waals surface area contributed by atoms with Gasteiger partial charge in [-0.3, -0.25) is 9.59 Å². The Hall–Kier alpha value is -0.660. The van der Waals surface area contributed by atoms with E-state index < -0.39 is 0 Å². The molecule has 0 atom stereocenters. The smallest absolute Gasteiger partial charge is 0.132 e. The average molecular weight is 282 g/mol. The highest BCUT2D eigenvalue weighted by molar-refractivity contribution is 5.78. The lowest BCUT2D eigenvalue weighted by Gasteiger charge is -2.02. The Morgan fingerprint density at radius 3 is 1.00 bits per heavy atom. The van der Waals surface area contributed by atoms with Gasteiger partial charge in [-0.15, -0.1) is 0 Å². The summed E-state index contributed by atoms with van der Waals surface area (Å²) in [4.78, 5) is 22.2. The van der Waals surface area contributed by atoms with Crippen LogP contribution in [0.3, 0.4) is 0 Å². The Balaban J connectivity index is 3.06. The Morgan fingerprint density at radius 2 is 0.750 bits per heavy atom. The van der Waals surface area contributed by atoms with Crippen LogP contribution in [0.25, 0.3) is 0 Å². The number of rotatable bonds is 15. The summed E-state index contributed by atoms with van der Waals surface area (Å²) in [6.45, 7) is 3.89. The molecule has 0 unspecified atom stereocenters. The van der Waals surface area contributed by atoms with E-state index in [-0.39, 0.29) is 0 Å². The first-order valence-corrected chi connectivity index (χ1v) is 8.74. The van der Waals surface area contributed by atoms with Crippen molar-refractivity contribution in [3.05, 3.63) is 0 Å². The van der Waals surface area contributed by atoms with Gasteiger partial charge in [-0.25, -0.2) is 0 Å². The number of carbonyl (C=O) groups is 2. The summed E-state index contributed by atoms with van der Waals surface area (Å²) in [5, 5.41) is 0. The van der Waals surface area contributed by atoms with Crippen LogP contribution in [0, 0.1) is 0 Å². The summed E-state index contributed by atoms with van der Waals surface area (Å²) in [5.74, 6) is 0.818. The topological polar surface area (TPSA) is 34.1 Å². The minimum absolute atomic E-state index is 0.409. The molecule has 20 heavy (non-hydrogen) atoms. The van der Waals surface area contributed by atoms with Crippen LogP contribution in [-0.2, 0) is 9.59 Å². The van der Waals surface area contributed by atoms with Gasteiger partial charge in [0.25, 0.3) is 0 Å². The molecule has 2 nitrogen and oxygen atoms in total. The summed E-state index contributed by atoms with van der Waals surface area (Å²) in [5.41, 5.74) is 0. The highest BCUT2D eigenvalue weighted by Crippen LogP contribution is 2.12. The van der Waals surface area contributed by atoms with Crippen LogP contribution in [0.15, 0.2) is 0 Å². The molecular weight excluding hydrogens is 248 g/mol. The quantitative estimate of drug-likeness (QED) is 0.365. The van der Waals surface area contributed by atoms with Crippen molar-refractivity contribution in [3.8, 4) is 0 Å². The van der Waals surface area contributed by atoms with E-state index in [0.717, 1.165) is 25.7 Å². The SMILES string of the molecule is CCC(=O)CCCCCCCCCCCCC(=O)CC. The standard InChI is InChI=1S/C18H34O2/c1-3-17(19)15-13-11-9-7-5-6-8-10-12-14-16-18(20)4-2/h3-16H2,1-2H3.